The standard InChI is InChI=1S/C24H19F3N2O2/c1-28-21-10-6-5-9-19(21)22(23(28)17-7-3-2-4-8-17)20(15-29(30)31)16-11-13-18(14-12-16)24(25,26)27/h2-14,20H,15H2,1H3/t20-/m0/s1. The van der Waals surface area contributed by atoms with Gasteiger partial charge in [0.15, 0.2) is 0 Å². The number of para-hydroxylation sites is 1. The summed E-state index contributed by atoms with van der Waals surface area (Å²) in [6.07, 6.45) is -4.47. The average molecular weight is 424 g/mol. The molecule has 1 heterocycles. The topological polar surface area (TPSA) is 48.1 Å². The Labute approximate surface area is 176 Å². The molecule has 4 rings (SSSR count). The number of hydrogen-bond acceptors (Lipinski definition) is 2. The minimum Gasteiger partial charge on any atom is -0.343 e. The summed E-state index contributed by atoms with van der Waals surface area (Å²) in [7, 11) is 1.89. The van der Waals surface area contributed by atoms with E-state index in [0.29, 0.717) is 5.56 Å². The Kier molecular flexibility index (Phi) is 5.27. The lowest BCUT2D eigenvalue weighted by atomic mass is 9.87. The molecule has 0 spiro atoms. The summed E-state index contributed by atoms with van der Waals surface area (Å²) in [6, 6.07) is 21.7. The van der Waals surface area contributed by atoms with Crippen molar-refractivity contribution < 1.29 is 18.1 Å². The third-order valence-corrected chi connectivity index (χ3v) is 5.51. The molecule has 0 aliphatic carbocycles. The maximum absolute atomic E-state index is 13.0. The molecule has 0 aliphatic heterocycles. The van der Waals surface area contributed by atoms with Gasteiger partial charge in [0.05, 0.1) is 17.2 Å². The molecule has 31 heavy (non-hydrogen) atoms. The van der Waals surface area contributed by atoms with Crippen molar-refractivity contribution in [3.05, 3.63) is 106 Å². The molecule has 4 nitrogen and oxygen atoms in total. The first-order valence-electron chi connectivity index (χ1n) is 9.69. The minimum atomic E-state index is -4.47. The maximum atomic E-state index is 13.0. The summed E-state index contributed by atoms with van der Waals surface area (Å²) < 4.78 is 41.1. The average Bonchev–Trinajstić information content (AvgIpc) is 3.04. The van der Waals surface area contributed by atoms with Crippen LogP contribution in [0.3, 0.4) is 0 Å². The fraction of sp³-hybridized carbons (Fsp3) is 0.167. The number of nitrogens with zero attached hydrogens (tertiary/aromatic N) is 2. The highest BCUT2D eigenvalue weighted by Gasteiger charge is 2.32. The van der Waals surface area contributed by atoms with Crippen LogP contribution < -0.4 is 0 Å². The van der Waals surface area contributed by atoms with Crippen molar-refractivity contribution >= 4 is 10.9 Å². The second-order valence-electron chi connectivity index (χ2n) is 7.39. The lowest BCUT2D eigenvalue weighted by Crippen LogP contribution is -2.15. The van der Waals surface area contributed by atoms with Gasteiger partial charge < -0.3 is 4.57 Å². The highest BCUT2D eigenvalue weighted by molar-refractivity contribution is 5.93. The van der Waals surface area contributed by atoms with Crippen molar-refractivity contribution in [2.75, 3.05) is 6.54 Å². The number of rotatable bonds is 5. The summed E-state index contributed by atoms with van der Waals surface area (Å²) in [6.45, 7) is -0.431. The van der Waals surface area contributed by atoms with Crippen molar-refractivity contribution in [1.29, 1.82) is 0 Å². The van der Waals surface area contributed by atoms with E-state index in [-0.39, 0.29) is 0 Å². The Balaban J connectivity index is 1.98. The van der Waals surface area contributed by atoms with Crippen molar-refractivity contribution in [3.63, 3.8) is 0 Å². The van der Waals surface area contributed by atoms with Gasteiger partial charge in [-0.2, -0.15) is 13.2 Å². The Morgan fingerprint density at radius 3 is 2.16 bits per heavy atom. The lowest BCUT2D eigenvalue weighted by Gasteiger charge is -2.17. The predicted molar refractivity (Wildman–Crippen MR) is 114 cm³/mol. The molecule has 0 saturated heterocycles. The molecule has 7 heteroatoms. The lowest BCUT2D eigenvalue weighted by molar-refractivity contribution is -0.481. The van der Waals surface area contributed by atoms with Gasteiger partial charge in [-0.05, 0) is 34.9 Å². The summed E-state index contributed by atoms with van der Waals surface area (Å²) in [4.78, 5) is 11.2. The zero-order chi connectivity index (χ0) is 22.2. The monoisotopic (exact) mass is 424 g/mol. The molecule has 1 aromatic heterocycles. The van der Waals surface area contributed by atoms with E-state index in [1.165, 1.54) is 12.1 Å². The molecule has 0 aliphatic rings. The minimum absolute atomic E-state index is 0.418. The smallest absolute Gasteiger partial charge is 0.343 e. The third kappa shape index (κ3) is 3.91. The van der Waals surface area contributed by atoms with E-state index >= 15 is 0 Å². The van der Waals surface area contributed by atoms with Crippen LogP contribution in [-0.4, -0.2) is 16.0 Å². The molecule has 4 aromatic rings. The van der Waals surface area contributed by atoms with E-state index in [9.17, 15) is 23.3 Å². The van der Waals surface area contributed by atoms with Crippen molar-refractivity contribution in [2.24, 2.45) is 7.05 Å². The molecular weight excluding hydrogens is 405 g/mol. The predicted octanol–water partition coefficient (Wildman–Crippen LogP) is 6.27. The number of alkyl halides is 3. The highest BCUT2D eigenvalue weighted by atomic mass is 19.4. The number of fused-ring (bicyclic) bond motifs is 1. The largest absolute Gasteiger partial charge is 0.416 e. The van der Waals surface area contributed by atoms with E-state index in [4.69, 9.17) is 0 Å². The fourth-order valence-corrected chi connectivity index (χ4v) is 4.14. The number of nitro groups is 1. The quantitative estimate of drug-likeness (QED) is 0.280. The summed E-state index contributed by atoms with van der Waals surface area (Å²) in [5.74, 6) is -0.710. The molecule has 0 saturated carbocycles. The number of benzene rings is 3. The van der Waals surface area contributed by atoms with Crippen LogP contribution in [0.25, 0.3) is 22.2 Å². The first-order chi connectivity index (χ1) is 14.8. The summed E-state index contributed by atoms with van der Waals surface area (Å²) in [5, 5.41) is 12.4. The van der Waals surface area contributed by atoms with E-state index < -0.39 is 29.1 Å². The van der Waals surface area contributed by atoms with E-state index in [1.807, 2.05) is 66.2 Å². The molecular formula is C24H19F3N2O2. The molecule has 0 fully saturated rings. The van der Waals surface area contributed by atoms with Gasteiger partial charge in [-0.3, -0.25) is 10.1 Å². The van der Waals surface area contributed by atoms with Gasteiger partial charge in [0.25, 0.3) is 0 Å². The molecule has 0 unspecified atom stereocenters. The molecule has 0 radical (unpaired) electrons. The highest BCUT2D eigenvalue weighted by Crippen LogP contribution is 2.41. The number of aryl methyl sites for hydroxylation is 1. The van der Waals surface area contributed by atoms with Gasteiger partial charge in [-0.15, -0.1) is 0 Å². The zero-order valence-electron chi connectivity index (χ0n) is 16.6. The first kappa shape index (κ1) is 20.7. The first-order valence-corrected chi connectivity index (χ1v) is 9.69. The van der Waals surface area contributed by atoms with E-state index in [1.54, 1.807) is 0 Å². The van der Waals surface area contributed by atoms with Crippen molar-refractivity contribution in [1.82, 2.24) is 4.57 Å². The Morgan fingerprint density at radius 1 is 0.935 bits per heavy atom. The molecule has 158 valence electrons. The molecule has 0 amide bonds. The van der Waals surface area contributed by atoms with Crippen molar-refractivity contribution in [2.45, 2.75) is 12.1 Å². The van der Waals surface area contributed by atoms with Gasteiger partial charge in [0, 0.05) is 22.9 Å². The van der Waals surface area contributed by atoms with Crippen LogP contribution >= 0.6 is 0 Å². The van der Waals surface area contributed by atoms with Crippen LogP contribution in [0.15, 0.2) is 78.9 Å². The van der Waals surface area contributed by atoms with Crippen LogP contribution in [0.2, 0.25) is 0 Å². The number of hydrogen-bond donors (Lipinski definition) is 0. The Bertz CT molecular complexity index is 1230. The van der Waals surface area contributed by atoms with Gasteiger partial charge in [-0.25, -0.2) is 0 Å². The fourth-order valence-electron chi connectivity index (χ4n) is 4.14. The van der Waals surface area contributed by atoms with E-state index in [2.05, 4.69) is 0 Å². The van der Waals surface area contributed by atoms with Crippen molar-refractivity contribution in [3.8, 4) is 11.3 Å². The number of aromatic nitrogens is 1. The van der Waals surface area contributed by atoms with Crippen LogP contribution in [0.4, 0.5) is 13.2 Å². The third-order valence-electron chi connectivity index (χ3n) is 5.51. The molecule has 3 aromatic carbocycles. The van der Waals surface area contributed by atoms with Gasteiger partial charge in [-0.1, -0.05) is 60.7 Å². The van der Waals surface area contributed by atoms with Crippen LogP contribution in [-0.2, 0) is 13.2 Å². The van der Waals surface area contributed by atoms with Crippen LogP contribution in [0.1, 0.15) is 22.6 Å². The van der Waals surface area contributed by atoms with Crippen LogP contribution in [0, 0.1) is 10.1 Å². The second kappa shape index (κ2) is 7.91. The van der Waals surface area contributed by atoms with Crippen LogP contribution in [0.5, 0.6) is 0 Å². The summed E-state index contributed by atoms with van der Waals surface area (Å²) in [5.41, 5.74) is 3.03. The molecule has 1 atom stereocenters. The van der Waals surface area contributed by atoms with Gasteiger partial charge >= 0.3 is 6.18 Å². The summed E-state index contributed by atoms with van der Waals surface area (Å²) >= 11 is 0. The second-order valence-corrected chi connectivity index (χ2v) is 7.39. The molecule has 0 bridgehead atoms. The number of halogens is 3. The zero-order valence-corrected chi connectivity index (χ0v) is 16.6. The Hall–Kier alpha value is -3.61. The van der Waals surface area contributed by atoms with Gasteiger partial charge in [0.2, 0.25) is 6.54 Å². The molecule has 0 N–H and O–H groups in total. The normalized spacial score (nSPS) is 12.8. The SMILES string of the molecule is Cn1c(-c2ccccc2)c([C@@H](C[N+](=O)[O-])c2ccc(C(F)(F)F)cc2)c2ccccc21. The maximum Gasteiger partial charge on any atom is 0.416 e. The van der Waals surface area contributed by atoms with Gasteiger partial charge in [0.1, 0.15) is 0 Å². The van der Waals surface area contributed by atoms with E-state index in [0.717, 1.165) is 39.9 Å². The Morgan fingerprint density at radius 2 is 1.55 bits per heavy atom.